The van der Waals surface area contributed by atoms with Crippen LogP contribution in [0, 0.1) is 0 Å². The summed E-state index contributed by atoms with van der Waals surface area (Å²) in [5.74, 6) is 0.0195. The Bertz CT molecular complexity index is 1940. The highest BCUT2D eigenvalue weighted by atomic mass is 32.1. The first-order valence-electron chi connectivity index (χ1n) is 15.1. The molecule has 2 aromatic heterocycles. The van der Waals surface area contributed by atoms with Gasteiger partial charge in [-0.3, -0.25) is 0 Å². The van der Waals surface area contributed by atoms with Crippen LogP contribution in [0.3, 0.4) is 0 Å². The van der Waals surface area contributed by atoms with Crippen molar-refractivity contribution in [3.05, 3.63) is 114 Å². The first kappa shape index (κ1) is 30.9. The van der Waals surface area contributed by atoms with E-state index in [-0.39, 0.29) is 0 Å². The largest absolute Gasteiger partial charge is 0.423 e. The molecule has 0 aliphatic rings. The van der Waals surface area contributed by atoms with Gasteiger partial charge in [0.1, 0.15) is 15.6 Å². The molecule has 0 bridgehead atoms. The molecule has 0 amide bonds. The van der Waals surface area contributed by atoms with Gasteiger partial charge in [-0.1, -0.05) is 66.0 Å². The van der Waals surface area contributed by atoms with E-state index in [2.05, 4.69) is 87.5 Å². The highest BCUT2D eigenvalue weighted by molar-refractivity contribution is 7.30. The van der Waals surface area contributed by atoms with E-state index < -0.39 is 5.97 Å². The molecule has 6 rings (SSSR count). The lowest BCUT2D eigenvalue weighted by molar-refractivity contribution is 0.0735. The number of esters is 1. The standard InChI is InChI=1S/C36H32N6O2S2/c1-4-24-7-9-25(10-8-24)26-11-13-27(14-12-26)35(43)44-31-21-17-29(18-22-31)38-40-33-23-32-34(46-33)37-36(45-32)41-39-28-15-19-30(20-16-28)42(5-2)6-3/h7-23H,4-6H2,1-3H3. The van der Waals surface area contributed by atoms with Gasteiger partial charge in [-0.25, -0.2) is 9.78 Å². The summed E-state index contributed by atoms with van der Waals surface area (Å²) in [5, 5.41) is 18.7. The van der Waals surface area contributed by atoms with E-state index in [1.807, 2.05) is 30.3 Å². The number of carbonyl (C=O) groups is 1. The zero-order valence-electron chi connectivity index (χ0n) is 25.8. The first-order chi connectivity index (χ1) is 22.5. The third-order valence-electron chi connectivity index (χ3n) is 7.42. The Kier molecular flexibility index (Phi) is 9.66. The smallest absolute Gasteiger partial charge is 0.343 e. The molecule has 46 heavy (non-hydrogen) atoms. The molecule has 0 radical (unpaired) electrons. The van der Waals surface area contributed by atoms with Gasteiger partial charge in [-0.05, 0) is 104 Å². The normalized spacial score (nSPS) is 11.5. The number of benzene rings is 4. The molecule has 4 aromatic carbocycles. The minimum atomic E-state index is -0.416. The van der Waals surface area contributed by atoms with Crippen LogP contribution in [0.4, 0.5) is 27.2 Å². The second-order valence-electron chi connectivity index (χ2n) is 10.4. The third kappa shape index (κ3) is 7.42. The number of thiophene rings is 1. The first-order valence-corrected chi connectivity index (χ1v) is 16.7. The Morgan fingerprint density at radius 1 is 0.717 bits per heavy atom. The molecule has 8 nitrogen and oxygen atoms in total. The highest BCUT2D eigenvalue weighted by Crippen LogP contribution is 2.39. The van der Waals surface area contributed by atoms with Crippen LogP contribution in [-0.2, 0) is 6.42 Å². The number of azo groups is 2. The number of aryl methyl sites for hydroxylation is 1. The van der Waals surface area contributed by atoms with Gasteiger partial charge >= 0.3 is 5.97 Å². The van der Waals surface area contributed by atoms with Crippen molar-refractivity contribution < 1.29 is 9.53 Å². The molecule has 0 N–H and O–H groups in total. The van der Waals surface area contributed by atoms with Gasteiger partial charge in [-0.2, -0.15) is 0 Å². The van der Waals surface area contributed by atoms with Crippen LogP contribution in [0.2, 0.25) is 0 Å². The topological polar surface area (TPSA) is 91.9 Å². The summed E-state index contributed by atoms with van der Waals surface area (Å²) in [6, 6.07) is 32.8. The Balaban J connectivity index is 1.03. The number of anilines is 1. The third-order valence-corrected chi connectivity index (χ3v) is 9.35. The number of fused-ring (bicyclic) bond motifs is 1. The van der Waals surface area contributed by atoms with Crippen molar-refractivity contribution in [2.45, 2.75) is 27.2 Å². The van der Waals surface area contributed by atoms with E-state index in [0.29, 0.717) is 22.1 Å². The summed E-state index contributed by atoms with van der Waals surface area (Å²) >= 11 is 2.90. The molecule has 0 saturated heterocycles. The van der Waals surface area contributed by atoms with Crippen molar-refractivity contribution >= 4 is 65.4 Å². The molecular weight excluding hydrogens is 613 g/mol. The molecule has 0 spiro atoms. The van der Waals surface area contributed by atoms with Crippen molar-refractivity contribution in [3.8, 4) is 16.9 Å². The lowest BCUT2D eigenvalue weighted by Crippen LogP contribution is -2.21. The van der Waals surface area contributed by atoms with Crippen LogP contribution in [0.1, 0.15) is 36.7 Å². The minimum Gasteiger partial charge on any atom is -0.423 e. The predicted molar refractivity (Wildman–Crippen MR) is 189 cm³/mol. The SMILES string of the molecule is CCc1ccc(-c2ccc(C(=O)Oc3ccc(N=Nc4cc5sc(N=Nc6ccc(N(CC)CC)cc6)nc5s4)cc3)cc2)cc1. The van der Waals surface area contributed by atoms with Crippen molar-refractivity contribution in [2.75, 3.05) is 18.0 Å². The number of carbonyl (C=O) groups excluding carboxylic acids is 1. The van der Waals surface area contributed by atoms with Crippen LogP contribution >= 0.6 is 22.7 Å². The lowest BCUT2D eigenvalue weighted by atomic mass is 10.0. The average Bonchev–Trinajstić information content (AvgIpc) is 3.67. The van der Waals surface area contributed by atoms with Gasteiger partial charge in [-0.15, -0.1) is 20.5 Å². The van der Waals surface area contributed by atoms with Gasteiger partial charge in [0.05, 0.1) is 21.6 Å². The Morgan fingerprint density at radius 2 is 1.33 bits per heavy atom. The Labute approximate surface area is 275 Å². The number of nitrogens with zero attached hydrogens (tertiary/aromatic N) is 6. The maximum absolute atomic E-state index is 12.7. The van der Waals surface area contributed by atoms with Crippen molar-refractivity contribution in [2.24, 2.45) is 20.5 Å². The summed E-state index contributed by atoms with van der Waals surface area (Å²) in [5.41, 5.74) is 6.54. The van der Waals surface area contributed by atoms with Gasteiger partial charge in [0.25, 0.3) is 0 Å². The summed E-state index contributed by atoms with van der Waals surface area (Å²) in [6.07, 6.45) is 1.00. The van der Waals surface area contributed by atoms with Gasteiger partial charge in [0.2, 0.25) is 5.13 Å². The molecule has 6 aromatic rings. The maximum Gasteiger partial charge on any atom is 0.343 e. The number of hydrogen-bond acceptors (Lipinski definition) is 10. The fourth-order valence-electron chi connectivity index (χ4n) is 4.81. The monoisotopic (exact) mass is 644 g/mol. The fraction of sp³-hybridized carbons (Fsp3) is 0.167. The Morgan fingerprint density at radius 3 is 1.93 bits per heavy atom. The van der Waals surface area contributed by atoms with Crippen molar-refractivity contribution in [1.29, 1.82) is 0 Å². The van der Waals surface area contributed by atoms with E-state index >= 15 is 0 Å². The number of aromatic nitrogens is 1. The van der Waals surface area contributed by atoms with E-state index in [4.69, 9.17) is 4.74 Å². The molecular formula is C36H32N6O2S2. The van der Waals surface area contributed by atoms with Gasteiger partial charge in [0, 0.05) is 18.8 Å². The number of ether oxygens (including phenoxy) is 1. The van der Waals surface area contributed by atoms with E-state index in [1.54, 1.807) is 36.4 Å². The molecule has 230 valence electrons. The van der Waals surface area contributed by atoms with E-state index in [0.717, 1.165) is 50.9 Å². The van der Waals surface area contributed by atoms with Gasteiger partial charge < -0.3 is 9.64 Å². The van der Waals surface area contributed by atoms with E-state index in [1.165, 1.54) is 33.9 Å². The number of rotatable bonds is 11. The minimum absolute atomic E-state index is 0.416. The highest BCUT2D eigenvalue weighted by Gasteiger charge is 2.11. The molecule has 0 atom stereocenters. The van der Waals surface area contributed by atoms with Crippen LogP contribution in [-0.4, -0.2) is 24.0 Å². The lowest BCUT2D eigenvalue weighted by Gasteiger charge is -2.20. The number of thiazole rings is 1. The van der Waals surface area contributed by atoms with Crippen LogP contribution < -0.4 is 9.64 Å². The van der Waals surface area contributed by atoms with Crippen molar-refractivity contribution in [1.82, 2.24) is 4.98 Å². The molecule has 0 aliphatic carbocycles. The van der Waals surface area contributed by atoms with Crippen LogP contribution in [0.15, 0.2) is 124 Å². The fourth-order valence-corrected chi connectivity index (χ4v) is 6.66. The molecule has 0 aliphatic heterocycles. The summed E-state index contributed by atoms with van der Waals surface area (Å²) in [6.45, 7) is 8.35. The zero-order valence-corrected chi connectivity index (χ0v) is 27.4. The molecule has 0 saturated carbocycles. The van der Waals surface area contributed by atoms with Crippen molar-refractivity contribution in [3.63, 3.8) is 0 Å². The second kappa shape index (κ2) is 14.4. The van der Waals surface area contributed by atoms with E-state index in [9.17, 15) is 4.79 Å². The second-order valence-corrected chi connectivity index (χ2v) is 12.4. The summed E-state index contributed by atoms with van der Waals surface area (Å²) in [4.78, 5) is 20.4. The molecule has 0 fully saturated rings. The molecule has 10 heteroatoms. The van der Waals surface area contributed by atoms with Crippen LogP contribution in [0.5, 0.6) is 5.75 Å². The predicted octanol–water partition coefficient (Wildman–Crippen LogP) is 11.5. The number of hydrogen-bond donors (Lipinski definition) is 0. The zero-order chi connectivity index (χ0) is 31.9. The summed E-state index contributed by atoms with van der Waals surface area (Å²) < 4.78 is 6.55. The molecule has 0 unspecified atom stereocenters. The molecule has 2 heterocycles. The summed E-state index contributed by atoms with van der Waals surface area (Å²) in [7, 11) is 0. The van der Waals surface area contributed by atoms with Crippen LogP contribution in [0.25, 0.3) is 20.7 Å². The Hall–Kier alpha value is -5.06. The quantitative estimate of drug-likeness (QED) is 0.0797. The van der Waals surface area contributed by atoms with Gasteiger partial charge in [0.15, 0.2) is 0 Å². The average molecular weight is 645 g/mol. The maximum atomic E-state index is 12.7.